The molecular weight excluding hydrogens is 387 g/mol. The van der Waals surface area contributed by atoms with Crippen molar-refractivity contribution in [2.45, 2.75) is 16.9 Å². The van der Waals surface area contributed by atoms with E-state index < -0.39 is 21.8 Å². The van der Waals surface area contributed by atoms with Crippen LogP contribution in [0.15, 0.2) is 48.5 Å². The number of rotatable bonds is 5. The minimum atomic E-state index is -1.98. The Balaban J connectivity index is 2.28. The number of ether oxygens (including phenoxy) is 1. The molecule has 2 rings (SSSR count). The molecular formula is C17H15Cl3N2O3. The van der Waals surface area contributed by atoms with Crippen molar-refractivity contribution in [2.75, 3.05) is 0 Å². The summed E-state index contributed by atoms with van der Waals surface area (Å²) in [5.41, 5.74) is 6.57. The summed E-state index contributed by atoms with van der Waals surface area (Å²) in [5.74, 6) is -1.09. The molecule has 0 saturated heterocycles. The lowest BCUT2D eigenvalue weighted by molar-refractivity contribution is 0.0829. The van der Waals surface area contributed by atoms with Crippen LogP contribution in [0.1, 0.15) is 26.3 Å². The Labute approximate surface area is 160 Å². The molecule has 0 radical (unpaired) electrons. The summed E-state index contributed by atoms with van der Waals surface area (Å²) in [5, 5.41) is 2.52. The van der Waals surface area contributed by atoms with Gasteiger partial charge in [0.25, 0.3) is 11.8 Å². The molecule has 2 amide bonds. The number of halogens is 3. The molecule has 25 heavy (non-hydrogen) atoms. The zero-order valence-corrected chi connectivity index (χ0v) is 15.4. The average molecular weight is 402 g/mol. The number of carbonyl (C=O) groups excluding carboxylic acids is 2. The maximum absolute atomic E-state index is 12.5. The Bertz CT molecular complexity index is 791. The molecule has 132 valence electrons. The zero-order valence-electron chi connectivity index (χ0n) is 13.1. The monoisotopic (exact) mass is 400 g/mol. The number of aryl methyl sites for hydroxylation is 1. The third kappa shape index (κ3) is 5.01. The highest BCUT2D eigenvalue weighted by Crippen LogP contribution is 2.33. The number of amides is 2. The Morgan fingerprint density at radius 2 is 1.60 bits per heavy atom. The molecule has 0 aliphatic heterocycles. The second-order valence-electron chi connectivity index (χ2n) is 5.19. The molecule has 8 heteroatoms. The molecule has 0 spiro atoms. The van der Waals surface area contributed by atoms with Gasteiger partial charge in [-0.25, -0.2) is 0 Å². The first-order valence-corrected chi connectivity index (χ1v) is 8.32. The van der Waals surface area contributed by atoms with Crippen LogP contribution in [-0.4, -0.2) is 21.8 Å². The summed E-state index contributed by atoms with van der Waals surface area (Å²) < 4.78 is 3.59. The maximum Gasteiger partial charge on any atom is 0.254 e. The van der Waals surface area contributed by atoms with Gasteiger partial charge in [0.15, 0.2) is 0 Å². The third-order valence-electron chi connectivity index (χ3n) is 3.35. The van der Waals surface area contributed by atoms with E-state index in [0.717, 1.165) is 5.56 Å². The van der Waals surface area contributed by atoms with Gasteiger partial charge in [0.1, 0.15) is 5.75 Å². The van der Waals surface area contributed by atoms with Crippen molar-refractivity contribution in [1.29, 1.82) is 0 Å². The average Bonchev–Trinajstić information content (AvgIpc) is 2.54. The summed E-state index contributed by atoms with van der Waals surface area (Å²) in [6.07, 6.45) is -1.34. The zero-order chi connectivity index (χ0) is 18.6. The number of carbonyl (C=O) groups is 2. The lowest BCUT2D eigenvalue weighted by Crippen LogP contribution is -2.48. The molecule has 0 aliphatic carbocycles. The van der Waals surface area contributed by atoms with Crippen LogP contribution < -0.4 is 15.8 Å². The van der Waals surface area contributed by atoms with Crippen LogP contribution in [0.2, 0.25) is 0 Å². The Morgan fingerprint density at radius 1 is 1.04 bits per heavy atom. The fourth-order valence-electron chi connectivity index (χ4n) is 2.10. The highest BCUT2D eigenvalue weighted by Gasteiger charge is 2.37. The fourth-order valence-corrected chi connectivity index (χ4v) is 2.40. The number of nitrogens with two attached hydrogens (primary N) is 1. The largest absolute Gasteiger partial charge is 0.465 e. The highest BCUT2D eigenvalue weighted by molar-refractivity contribution is 6.68. The number of primary amides is 1. The summed E-state index contributed by atoms with van der Waals surface area (Å²) in [6, 6.07) is 13.1. The molecule has 3 N–H and O–H groups in total. The summed E-state index contributed by atoms with van der Waals surface area (Å²) in [4.78, 5) is 24.0. The van der Waals surface area contributed by atoms with Crippen LogP contribution >= 0.6 is 34.8 Å². The van der Waals surface area contributed by atoms with E-state index in [1.807, 2.05) is 0 Å². The smallest absolute Gasteiger partial charge is 0.254 e. The van der Waals surface area contributed by atoms with Gasteiger partial charge in [-0.05, 0) is 30.7 Å². The van der Waals surface area contributed by atoms with Crippen molar-refractivity contribution in [3.05, 3.63) is 65.2 Å². The third-order valence-corrected chi connectivity index (χ3v) is 3.94. The van der Waals surface area contributed by atoms with Crippen LogP contribution in [0.25, 0.3) is 0 Å². The van der Waals surface area contributed by atoms with Gasteiger partial charge < -0.3 is 15.8 Å². The summed E-state index contributed by atoms with van der Waals surface area (Å²) >= 11 is 17.8. The Kier molecular flexibility index (Phi) is 6.16. The fraction of sp³-hybridized carbons (Fsp3) is 0.176. The second-order valence-corrected chi connectivity index (χ2v) is 7.56. The normalized spacial score (nSPS) is 12.3. The number of benzene rings is 2. The van der Waals surface area contributed by atoms with Crippen molar-refractivity contribution in [3.8, 4) is 5.75 Å². The van der Waals surface area contributed by atoms with E-state index in [4.69, 9.17) is 45.3 Å². The van der Waals surface area contributed by atoms with Gasteiger partial charge in [0.05, 0.1) is 5.56 Å². The predicted octanol–water partition coefficient (Wildman–Crippen LogP) is 3.60. The molecule has 1 atom stereocenters. The van der Waals surface area contributed by atoms with Crippen molar-refractivity contribution in [2.24, 2.45) is 5.73 Å². The number of para-hydroxylation sites is 1. The first kappa shape index (κ1) is 19.4. The molecule has 0 aliphatic rings. The Hall–Kier alpha value is -1.95. The van der Waals surface area contributed by atoms with Crippen LogP contribution in [0, 0.1) is 6.92 Å². The SMILES string of the molecule is Cc1ccccc1C(=O)N[C@H](Oc1ccccc1C(N)=O)C(Cl)(Cl)Cl. The molecule has 2 aromatic carbocycles. The van der Waals surface area contributed by atoms with E-state index in [9.17, 15) is 9.59 Å². The number of hydrogen-bond acceptors (Lipinski definition) is 3. The minimum absolute atomic E-state index is 0.0939. The number of alkyl halides is 3. The first-order chi connectivity index (χ1) is 11.7. The summed E-state index contributed by atoms with van der Waals surface area (Å²) in [6.45, 7) is 1.78. The van der Waals surface area contributed by atoms with Crippen LogP contribution in [-0.2, 0) is 0 Å². The van der Waals surface area contributed by atoms with Gasteiger partial charge >= 0.3 is 0 Å². The first-order valence-electron chi connectivity index (χ1n) is 7.19. The van der Waals surface area contributed by atoms with Gasteiger partial charge in [-0.15, -0.1) is 0 Å². The van der Waals surface area contributed by atoms with E-state index >= 15 is 0 Å². The van der Waals surface area contributed by atoms with Crippen LogP contribution in [0.4, 0.5) is 0 Å². The standard InChI is InChI=1S/C17H15Cl3N2O3/c1-10-6-2-3-7-11(10)15(24)22-16(17(18,19)20)25-13-9-5-4-8-12(13)14(21)23/h2-9,16H,1H3,(H2,21,23)(H,22,24)/t16-/m1/s1. The lowest BCUT2D eigenvalue weighted by Gasteiger charge is -2.27. The van der Waals surface area contributed by atoms with Gasteiger partial charge in [0, 0.05) is 5.56 Å². The maximum atomic E-state index is 12.5. The van der Waals surface area contributed by atoms with Gasteiger partial charge in [-0.3, -0.25) is 9.59 Å². The molecule has 0 fully saturated rings. The van der Waals surface area contributed by atoms with Crippen LogP contribution in [0.5, 0.6) is 5.75 Å². The van der Waals surface area contributed by atoms with Gasteiger partial charge in [-0.1, -0.05) is 65.1 Å². The molecule has 0 aromatic heterocycles. The lowest BCUT2D eigenvalue weighted by atomic mass is 10.1. The van der Waals surface area contributed by atoms with E-state index in [0.29, 0.717) is 5.56 Å². The molecule has 2 aromatic rings. The highest BCUT2D eigenvalue weighted by atomic mass is 35.6. The van der Waals surface area contributed by atoms with Crippen LogP contribution in [0.3, 0.4) is 0 Å². The van der Waals surface area contributed by atoms with Crippen molar-refractivity contribution in [3.63, 3.8) is 0 Å². The Morgan fingerprint density at radius 3 is 2.16 bits per heavy atom. The predicted molar refractivity (Wildman–Crippen MR) is 98.3 cm³/mol. The van der Waals surface area contributed by atoms with E-state index in [1.165, 1.54) is 12.1 Å². The van der Waals surface area contributed by atoms with Crippen molar-refractivity contribution in [1.82, 2.24) is 5.32 Å². The molecule has 0 saturated carbocycles. The van der Waals surface area contributed by atoms with Crippen molar-refractivity contribution >= 4 is 46.6 Å². The van der Waals surface area contributed by atoms with E-state index in [1.54, 1.807) is 43.3 Å². The minimum Gasteiger partial charge on any atom is -0.465 e. The number of nitrogens with one attached hydrogen (secondary N) is 1. The molecule has 0 heterocycles. The van der Waals surface area contributed by atoms with E-state index in [2.05, 4.69) is 5.32 Å². The summed E-state index contributed by atoms with van der Waals surface area (Å²) in [7, 11) is 0. The van der Waals surface area contributed by atoms with E-state index in [-0.39, 0.29) is 11.3 Å². The molecule has 0 unspecified atom stereocenters. The topological polar surface area (TPSA) is 81.4 Å². The number of hydrogen-bond donors (Lipinski definition) is 2. The quantitative estimate of drug-likeness (QED) is 0.593. The van der Waals surface area contributed by atoms with Gasteiger partial charge in [-0.2, -0.15) is 0 Å². The molecule has 0 bridgehead atoms. The molecule has 5 nitrogen and oxygen atoms in total. The van der Waals surface area contributed by atoms with Crippen molar-refractivity contribution < 1.29 is 14.3 Å². The second kappa shape index (κ2) is 7.95. The van der Waals surface area contributed by atoms with Gasteiger partial charge in [0.2, 0.25) is 10.0 Å².